The second kappa shape index (κ2) is 6.68. The monoisotopic (exact) mass is 321 g/mol. The van der Waals surface area contributed by atoms with Gasteiger partial charge in [-0.15, -0.1) is 0 Å². The van der Waals surface area contributed by atoms with Crippen LogP contribution in [0.2, 0.25) is 0 Å². The standard InChI is InChI=1S/C16H19NO6/c1-16(2,3)23-15(20)17-9-12(22-14(17)19)13(18)21-10-11-7-5-4-6-8-11/h4-8,12H,9-10H2,1-3H3. The summed E-state index contributed by atoms with van der Waals surface area (Å²) in [6.07, 6.45) is -2.90. The maximum atomic E-state index is 11.9. The Bertz CT molecular complexity index is 592. The van der Waals surface area contributed by atoms with Gasteiger partial charge in [-0.2, -0.15) is 0 Å². The number of rotatable bonds is 3. The van der Waals surface area contributed by atoms with E-state index in [1.807, 2.05) is 18.2 Å². The number of carbonyl (C=O) groups excluding carboxylic acids is 3. The van der Waals surface area contributed by atoms with Crippen LogP contribution in [0.3, 0.4) is 0 Å². The lowest BCUT2D eigenvalue weighted by Gasteiger charge is -2.21. The van der Waals surface area contributed by atoms with Gasteiger partial charge in [0, 0.05) is 0 Å². The first kappa shape index (κ1) is 16.8. The van der Waals surface area contributed by atoms with Crippen LogP contribution in [0.1, 0.15) is 26.3 Å². The van der Waals surface area contributed by atoms with Crippen LogP contribution in [0.15, 0.2) is 30.3 Å². The second-order valence-electron chi connectivity index (χ2n) is 6.06. The van der Waals surface area contributed by atoms with Crippen molar-refractivity contribution in [3.8, 4) is 0 Å². The van der Waals surface area contributed by atoms with Gasteiger partial charge in [-0.3, -0.25) is 0 Å². The number of benzene rings is 1. The van der Waals surface area contributed by atoms with Crippen molar-refractivity contribution in [2.75, 3.05) is 6.54 Å². The minimum absolute atomic E-state index is 0.0696. The predicted molar refractivity (Wildman–Crippen MR) is 79.4 cm³/mol. The highest BCUT2D eigenvalue weighted by Gasteiger charge is 2.42. The van der Waals surface area contributed by atoms with Gasteiger partial charge >= 0.3 is 18.2 Å². The predicted octanol–water partition coefficient (Wildman–Crippen LogP) is 2.49. The molecule has 124 valence electrons. The van der Waals surface area contributed by atoms with Crippen LogP contribution in [0.25, 0.3) is 0 Å². The van der Waals surface area contributed by atoms with Crippen molar-refractivity contribution in [1.82, 2.24) is 4.90 Å². The number of amides is 2. The zero-order chi connectivity index (χ0) is 17.0. The number of esters is 1. The van der Waals surface area contributed by atoms with Crippen LogP contribution in [0, 0.1) is 0 Å². The van der Waals surface area contributed by atoms with E-state index in [0.29, 0.717) is 0 Å². The molecule has 1 heterocycles. The van der Waals surface area contributed by atoms with E-state index in [-0.39, 0.29) is 13.2 Å². The normalized spacial score (nSPS) is 17.6. The summed E-state index contributed by atoms with van der Waals surface area (Å²) < 4.78 is 15.0. The largest absolute Gasteiger partial charge is 0.458 e. The summed E-state index contributed by atoms with van der Waals surface area (Å²) in [4.78, 5) is 36.2. The van der Waals surface area contributed by atoms with Crippen LogP contribution in [-0.2, 0) is 25.6 Å². The average Bonchev–Trinajstić information content (AvgIpc) is 2.86. The minimum Gasteiger partial charge on any atom is -0.458 e. The summed E-state index contributed by atoms with van der Waals surface area (Å²) in [5, 5.41) is 0. The molecule has 1 fully saturated rings. The van der Waals surface area contributed by atoms with Crippen molar-refractivity contribution < 1.29 is 28.6 Å². The number of carbonyl (C=O) groups is 3. The molecule has 1 atom stereocenters. The van der Waals surface area contributed by atoms with E-state index in [1.165, 1.54) is 0 Å². The third-order valence-corrected chi connectivity index (χ3v) is 2.91. The molecule has 0 aliphatic carbocycles. The van der Waals surface area contributed by atoms with Crippen LogP contribution in [-0.4, -0.2) is 41.3 Å². The topological polar surface area (TPSA) is 82.1 Å². The Morgan fingerprint density at radius 1 is 1.26 bits per heavy atom. The van der Waals surface area contributed by atoms with Gasteiger partial charge in [-0.1, -0.05) is 30.3 Å². The molecule has 7 nitrogen and oxygen atoms in total. The molecule has 0 saturated carbocycles. The van der Waals surface area contributed by atoms with Crippen molar-refractivity contribution in [3.05, 3.63) is 35.9 Å². The van der Waals surface area contributed by atoms with E-state index < -0.39 is 29.9 Å². The third kappa shape index (κ3) is 4.70. The Kier molecular flexibility index (Phi) is 4.88. The Hall–Kier alpha value is -2.57. The van der Waals surface area contributed by atoms with Crippen LogP contribution in [0.4, 0.5) is 9.59 Å². The molecule has 1 aliphatic rings. The van der Waals surface area contributed by atoms with E-state index in [4.69, 9.17) is 14.2 Å². The number of nitrogens with zero attached hydrogens (tertiary/aromatic N) is 1. The zero-order valence-electron chi connectivity index (χ0n) is 13.3. The van der Waals surface area contributed by atoms with Gasteiger partial charge in [0.05, 0.1) is 6.54 Å². The summed E-state index contributed by atoms with van der Waals surface area (Å²) in [7, 11) is 0. The molecule has 0 radical (unpaired) electrons. The first-order valence-corrected chi connectivity index (χ1v) is 7.18. The Labute approximate surface area is 134 Å². The number of hydrogen-bond acceptors (Lipinski definition) is 6. The molecule has 1 aromatic rings. The minimum atomic E-state index is -1.14. The molecule has 2 rings (SSSR count). The summed E-state index contributed by atoms with van der Waals surface area (Å²) in [6, 6.07) is 9.11. The third-order valence-electron chi connectivity index (χ3n) is 2.91. The Balaban J connectivity index is 1.89. The molecule has 1 aliphatic heterocycles. The molecule has 0 spiro atoms. The van der Waals surface area contributed by atoms with Crippen molar-refractivity contribution in [2.45, 2.75) is 39.1 Å². The van der Waals surface area contributed by atoms with Crippen molar-refractivity contribution in [3.63, 3.8) is 0 Å². The van der Waals surface area contributed by atoms with Gasteiger partial charge in [0.2, 0.25) is 6.10 Å². The average molecular weight is 321 g/mol. The number of hydrogen-bond donors (Lipinski definition) is 0. The van der Waals surface area contributed by atoms with Crippen molar-refractivity contribution >= 4 is 18.2 Å². The van der Waals surface area contributed by atoms with E-state index in [1.54, 1.807) is 32.9 Å². The fourth-order valence-corrected chi connectivity index (χ4v) is 1.87. The maximum Gasteiger partial charge on any atom is 0.420 e. The summed E-state index contributed by atoms with van der Waals surface area (Å²) in [6.45, 7) is 4.88. The Morgan fingerprint density at radius 3 is 2.52 bits per heavy atom. The number of cyclic esters (lactones) is 1. The first-order valence-electron chi connectivity index (χ1n) is 7.18. The molecule has 23 heavy (non-hydrogen) atoms. The van der Waals surface area contributed by atoms with E-state index in [2.05, 4.69) is 0 Å². The van der Waals surface area contributed by atoms with Gasteiger partial charge in [-0.05, 0) is 26.3 Å². The van der Waals surface area contributed by atoms with E-state index in [0.717, 1.165) is 10.5 Å². The molecule has 1 saturated heterocycles. The molecular weight excluding hydrogens is 302 g/mol. The van der Waals surface area contributed by atoms with Gasteiger partial charge in [0.25, 0.3) is 0 Å². The van der Waals surface area contributed by atoms with Crippen LogP contribution < -0.4 is 0 Å². The summed E-state index contributed by atoms with van der Waals surface area (Å²) in [5.74, 6) is -0.701. The van der Waals surface area contributed by atoms with Gasteiger partial charge in [-0.25, -0.2) is 19.3 Å². The SMILES string of the molecule is CC(C)(C)OC(=O)N1CC(C(=O)OCc2ccccc2)OC1=O. The lowest BCUT2D eigenvalue weighted by atomic mass is 10.2. The molecule has 0 aromatic heterocycles. The molecule has 2 amide bonds. The lowest BCUT2D eigenvalue weighted by Crippen LogP contribution is -2.38. The number of ether oxygens (including phenoxy) is 3. The molecular formula is C16H19NO6. The zero-order valence-corrected chi connectivity index (χ0v) is 13.3. The van der Waals surface area contributed by atoms with Crippen LogP contribution in [0.5, 0.6) is 0 Å². The molecule has 0 bridgehead atoms. The van der Waals surface area contributed by atoms with Crippen molar-refractivity contribution in [1.29, 1.82) is 0 Å². The van der Waals surface area contributed by atoms with Gasteiger partial charge in [0.1, 0.15) is 12.2 Å². The Morgan fingerprint density at radius 2 is 1.91 bits per heavy atom. The highest BCUT2D eigenvalue weighted by molar-refractivity contribution is 5.92. The summed E-state index contributed by atoms with van der Waals surface area (Å²) in [5.41, 5.74) is 0.0673. The maximum absolute atomic E-state index is 11.9. The van der Waals surface area contributed by atoms with E-state index in [9.17, 15) is 14.4 Å². The van der Waals surface area contributed by atoms with E-state index >= 15 is 0 Å². The number of imide groups is 1. The lowest BCUT2D eigenvalue weighted by molar-refractivity contribution is -0.153. The fraction of sp³-hybridized carbons (Fsp3) is 0.438. The summed E-state index contributed by atoms with van der Waals surface area (Å²) >= 11 is 0. The molecule has 1 aromatic carbocycles. The van der Waals surface area contributed by atoms with Gasteiger partial charge in [0.15, 0.2) is 0 Å². The smallest absolute Gasteiger partial charge is 0.420 e. The first-order chi connectivity index (χ1) is 10.8. The molecule has 7 heteroatoms. The van der Waals surface area contributed by atoms with Gasteiger partial charge < -0.3 is 14.2 Å². The highest BCUT2D eigenvalue weighted by atomic mass is 16.6. The van der Waals surface area contributed by atoms with Crippen molar-refractivity contribution in [2.24, 2.45) is 0 Å². The highest BCUT2D eigenvalue weighted by Crippen LogP contribution is 2.17. The molecule has 1 unspecified atom stereocenters. The molecule has 0 N–H and O–H groups in total. The quantitative estimate of drug-likeness (QED) is 0.628. The fourth-order valence-electron chi connectivity index (χ4n) is 1.87. The van der Waals surface area contributed by atoms with Crippen LogP contribution >= 0.6 is 0 Å². The second-order valence-corrected chi connectivity index (χ2v) is 6.06.